The highest BCUT2D eigenvalue weighted by atomic mass is 32.1. The first kappa shape index (κ1) is 22.9. The van der Waals surface area contributed by atoms with Crippen LogP contribution in [0.25, 0.3) is 55.3 Å². The number of amides is 1. The van der Waals surface area contributed by atoms with Crippen LogP contribution in [0.4, 0.5) is 10.1 Å². The van der Waals surface area contributed by atoms with E-state index in [-0.39, 0.29) is 11.0 Å². The van der Waals surface area contributed by atoms with Gasteiger partial charge in [-0.3, -0.25) is 19.9 Å². The number of anilines is 1. The third-order valence-corrected chi connectivity index (χ3v) is 7.10. The summed E-state index contributed by atoms with van der Waals surface area (Å²) in [6.45, 7) is 0. The highest BCUT2D eigenvalue weighted by Gasteiger charge is 2.18. The second kappa shape index (κ2) is 9.23. The van der Waals surface area contributed by atoms with Gasteiger partial charge in [0, 0.05) is 34.0 Å². The molecule has 188 valence electrons. The van der Waals surface area contributed by atoms with E-state index in [2.05, 4.69) is 30.5 Å². The SMILES string of the molecule is O=C(Nc1cncc(-c2ccc3[nH]nc(-c4nc5c(-c6ccc(F)s6)cncc5[nH]4)c3n2)c1)c1ccccc1. The zero-order chi connectivity index (χ0) is 26.3. The van der Waals surface area contributed by atoms with Crippen molar-refractivity contribution in [2.75, 3.05) is 5.32 Å². The van der Waals surface area contributed by atoms with Gasteiger partial charge < -0.3 is 10.3 Å². The largest absolute Gasteiger partial charge is 0.335 e. The number of aromatic amines is 2. The van der Waals surface area contributed by atoms with Crippen LogP contribution >= 0.6 is 11.3 Å². The molecule has 3 N–H and O–H groups in total. The molecular formula is C28H17FN8OS. The van der Waals surface area contributed by atoms with E-state index in [1.807, 2.05) is 36.4 Å². The van der Waals surface area contributed by atoms with E-state index < -0.39 is 0 Å². The average Bonchev–Trinajstić information content (AvgIpc) is 3.71. The number of imidazole rings is 1. The summed E-state index contributed by atoms with van der Waals surface area (Å²) in [4.78, 5) is 34.8. The Balaban J connectivity index is 1.25. The number of fused-ring (bicyclic) bond motifs is 2. The number of H-pyrrole nitrogens is 2. The van der Waals surface area contributed by atoms with Crippen molar-refractivity contribution in [3.05, 3.63) is 96.1 Å². The number of halogens is 1. The molecule has 0 saturated carbocycles. The molecule has 11 heteroatoms. The number of carbonyl (C=O) groups is 1. The third-order valence-electron chi connectivity index (χ3n) is 6.19. The molecule has 6 heterocycles. The van der Waals surface area contributed by atoms with Gasteiger partial charge in [-0.15, -0.1) is 11.3 Å². The van der Waals surface area contributed by atoms with Crippen LogP contribution in [0.3, 0.4) is 0 Å². The average molecular weight is 533 g/mol. The maximum absolute atomic E-state index is 13.7. The Morgan fingerprint density at radius 1 is 0.872 bits per heavy atom. The first-order valence-electron chi connectivity index (χ1n) is 11.9. The smallest absolute Gasteiger partial charge is 0.255 e. The molecule has 9 nitrogen and oxygen atoms in total. The molecule has 0 spiro atoms. The van der Waals surface area contributed by atoms with Crippen molar-refractivity contribution in [3.63, 3.8) is 0 Å². The number of pyridine rings is 3. The Morgan fingerprint density at radius 3 is 2.59 bits per heavy atom. The van der Waals surface area contributed by atoms with E-state index in [4.69, 9.17) is 9.97 Å². The lowest BCUT2D eigenvalue weighted by atomic mass is 10.1. The molecule has 7 aromatic rings. The van der Waals surface area contributed by atoms with Gasteiger partial charge in [0.25, 0.3) is 5.91 Å². The number of nitrogens with zero attached hydrogens (tertiary/aromatic N) is 5. The standard InChI is InChI=1S/C28H17FN8OS/c29-23-9-8-22(39-23)18-13-31-14-21-24(18)35-27(34-21)26-25-20(36-37-26)7-6-19(33-25)16-10-17(12-30-11-16)32-28(38)15-4-2-1-3-5-15/h1-14H,(H,32,38)(H,34,35)(H,36,37). The predicted molar refractivity (Wildman–Crippen MR) is 148 cm³/mol. The van der Waals surface area contributed by atoms with Gasteiger partial charge in [0.05, 0.1) is 34.8 Å². The Labute approximate surface area is 223 Å². The monoisotopic (exact) mass is 532 g/mol. The van der Waals surface area contributed by atoms with Gasteiger partial charge in [0.2, 0.25) is 0 Å². The number of nitrogens with one attached hydrogen (secondary N) is 3. The molecule has 0 aliphatic heterocycles. The van der Waals surface area contributed by atoms with E-state index in [0.29, 0.717) is 45.0 Å². The zero-order valence-electron chi connectivity index (χ0n) is 20.0. The Bertz CT molecular complexity index is 2000. The van der Waals surface area contributed by atoms with Gasteiger partial charge in [0.15, 0.2) is 16.6 Å². The maximum atomic E-state index is 13.7. The fourth-order valence-electron chi connectivity index (χ4n) is 4.35. The van der Waals surface area contributed by atoms with Crippen LogP contribution in [-0.4, -0.2) is 41.0 Å². The molecule has 0 aliphatic carbocycles. The third kappa shape index (κ3) is 4.20. The lowest BCUT2D eigenvalue weighted by molar-refractivity contribution is 0.102. The molecule has 39 heavy (non-hydrogen) atoms. The van der Waals surface area contributed by atoms with Crippen LogP contribution in [0.1, 0.15) is 10.4 Å². The maximum Gasteiger partial charge on any atom is 0.255 e. The predicted octanol–water partition coefficient (Wildman–Crippen LogP) is 6.08. The van der Waals surface area contributed by atoms with E-state index in [9.17, 15) is 9.18 Å². The van der Waals surface area contributed by atoms with E-state index in [0.717, 1.165) is 32.9 Å². The van der Waals surface area contributed by atoms with Crippen molar-refractivity contribution in [1.82, 2.24) is 35.1 Å². The number of hydrogen-bond acceptors (Lipinski definition) is 7. The summed E-state index contributed by atoms with van der Waals surface area (Å²) in [5.74, 6) is 0.285. The zero-order valence-corrected chi connectivity index (χ0v) is 20.8. The highest BCUT2D eigenvalue weighted by Crippen LogP contribution is 2.34. The Kier molecular flexibility index (Phi) is 5.41. The van der Waals surface area contributed by atoms with Crippen LogP contribution in [0.5, 0.6) is 0 Å². The summed E-state index contributed by atoms with van der Waals surface area (Å²) in [6.07, 6.45) is 6.62. The van der Waals surface area contributed by atoms with E-state index >= 15 is 0 Å². The molecule has 0 fully saturated rings. The minimum atomic E-state index is -0.272. The van der Waals surface area contributed by atoms with Crippen molar-refractivity contribution >= 4 is 45.0 Å². The molecule has 0 aliphatic rings. The topological polar surface area (TPSA) is 125 Å². The van der Waals surface area contributed by atoms with Crippen molar-refractivity contribution in [3.8, 4) is 33.2 Å². The first-order valence-corrected chi connectivity index (χ1v) is 12.7. The molecule has 7 rings (SSSR count). The summed E-state index contributed by atoms with van der Waals surface area (Å²) < 4.78 is 13.7. The molecule has 1 aromatic carbocycles. The fraction of sp³-hybridized carbons (Fsp3) is 0. The normalized spacial score (nSPS) is 11.3. The molecular weight excluding hydrogens is 515 g/mol. The first-order chi connectivity index (χ1) is 19.1. The summed E-state index contributed by atoms with van der Waals surface area (Å²) in [7, 11) is 0. The second-order valence-corrected chi connectivity index (χ2v) is 9.75. The van der Waals surface area contributed by atoms with E-state index in [1.54, 1.807) is 43.0 Å². The van der Waals surface area contributed by atoms with Crippen LogP contribution in [0, 0.1) is 5.13 Å². The molecule has 0 unspecified atom stereocenters. The summed E-state index contributed by atoms with van der Waals surface area (Å²) in [6, 6.07) is 17.7. The second-order valence-electron chi connectivity index (χ2n) is 8.72. The van der Waals surface area contributed by atoms with Gasteiger partial charge in [-0.1, -0.05) is 18.2 Å². The minimum Gasteiger partial charge on any atom is -0.335 e. The van der Waals surface area contributed by atoms with Crippen LogP contribution in [-0.2, 0) is 0 Å². The van der Waals surface area contributed by atoms with Gasteiger partial charge in [-0.05, 0) is 42.5 Å². The van der Waals surface area contributed by atoms with Gasteiger partial charge in [0.1, 0.15) is 11.0 Å². The van der Waals surface area contributed by atoms with Crippen molar-refractivity contribution in [2.45, 2.75) is 0 Å². The number of aromatic nitrogens is 7. The Hall–Kier alpha value is -5.29. The van der Waals surface area contributed by atoms with Crippen molar-refractivity contribution in [2.24, 2.45) is 0 Å². The van der Waals surface area contributed by atoms with Crippen LogP contribution in [0.2, 0.25) is 0 Å². The molecule has 0 bridgehead atoms. The molecule has 6 aromatic heterocycles. The summed E-state index contributed by atoms with van der Waals surface area (Å²) >= 11 is 1.04. The highest BCUT2D eigenvalue weighted by molar-refractivity contribution is 7.14. The van der Waals surface area contributed by atoms with Gasteiger partial charge in [-0.2, -0.15) is 9.49 Å². The van der Waals surface area contributed by atoms with Gasteiger partial charge in [-0.25, -0.2) is 9.97 Å². The Morgan fingerprint density at radius 2 is 1.74 bits per heavy atom. The fourth-order valence-corrected chi connectivity index (χ4v) is 5.09. The number of rotatable bonds is 5. The quantitative estimate of drug-likeness (QED) is 0.247. The van der Waals surface area contributed by atoms with Crippen molar-refractivity contribution < 1.29 is 9.18 Å². The van der Waals surface area contributed by atoms with Crippen LogP contribution in [0.15, 0.2) is 85.5 Å². The lowest BCUT2D eigenvalue weighted by Crippen LogP contribution is -2.11. The number of carbonyl (C=O) groups excluding carboxylic acids is 1. The van der Waals surface area contributed by atoms with E-state index in [1.165, 1.54) is 6.07 Å². The van der Waals surface area contributed by atoms with Gasteiger partial charge >= 0.3 is 0 Å². The number of hydrogen-bond donors (Lipinski definition) is 3. The molecule has 0 radical (unpaired) electrons. The summed E-state index contributed by atoms with van der Waals surface area (Å²) in [5.41, 5.74) is 6.47. The lowest BCUT2D eigenvalue weighted by Gasteiger charge is -2.07. The summed E-state index contributed by atoms with van der Waals surface area (Å²) in [5, 5.41) is 10.1. The molecule has 0 atom stereocenters. The molecule has 0 saturated heterocycles. The van der Waals surface area contributed by atoms with Crippen molar-refractivity contribution in [1.29, 1.82) is 0 Å². The number of thiophene rings is 1. The van der Waals surface area contributed by atoms with Crippen LogP contribution < -0.4 is 5.32 Å². The molecule has 1 amide bonds. The minimum absolute atomic E-state index is 0.223. The number of benzene rings is 1.